The zero-order chi connectivity index (χ0) is 17.6. The lowest BCUT2D eigenvalue weighted by Crippen LogP contribution is -2.27. The van der Waals surface area contributed by atoms with E-state index in [1.54, 1.807) is 11.7 Å². The monoisotopic (exact) mass is 326 g/mol. The molecule has 2 N–H and O–H groups in total. The smallest absolute Gasteiger partial charge is 0.419 e. The molecule has 0 atom stereocenters. The van der Waals surface area contributed by atoms with Gasteiger partial charge in [0, 0.05) is 16.5 Å². The summed E-state index contributed by atoms with van der Waals surface area (Å²) in [5.41, 5.74) is 8.66. The van der Waals surface area contributed by atoms with Gasteiger partial charge in [0.15, 0.2) is 0 Å². The average Bonchev–Trinajstić information content (AvgIpc) is 2.84. The summed E-state index contributed by atoms with van der Waals surface area (Å²) >= 11 is 0. The zero-order valence-electron chi connectivity index (χ0n) is 14.6. The third-order valence-corrected chi connectivity index (χ3v) is 3.95. The Bertz CT molecular complexity index is 949. The van der Waals surface area contributed by atoms with E-state index in [0.29, 0.717) is 17.0 Å². The molecule has 0 radical (unpaired) electrons. The number of rotatable bonds is 1. The van der Waals surface area contributed by atoms with Crippen LogP contribution in [-0.2, 0) is 4.74 Å². The number of hydrogen-bond acceptors (Lipinski definition) is 4. The number of fused-ring (bicyclic) bond motifs is 3. The third-order valence-electron chi connectivity index (χ3n) is 3.95. The summed E-state index contributed by atoms with van der Waals surface area (Å²) in [6, 6.07) is 9.49. The maximum absolute atomic E-state index is 12.9. The highest BCUT2D eigenvalue weighted by molar-refractivity contribution is 6.19. The Morgan fingerprint density at radius 1 is 1.21 bits per heavy atom. The number of nitrogens with two attached hydrogens (primary N) is 1. The summed E-state index contributed by atoms with van der Waals surface area (Å²) in [6.07, 6.45) is -0.449. The predicted molar refractivity (Wildman–Crippen MR) is 96.8 cm³/mol. The van der Waals surface area contributed by atoms with Crippen LogP contribution in [0.25, 0.3) is 21.8 Å². The summed E-state index contributed by atoms with van der Waals surface area (Å²) in [4.78, 5) is 12.9. The maximum Gasteiger partial charge on any atom is 0.419 e. The van der Waals surface area contributed by atoms with Crippen molar-refractivity contribution in [1.82, 2.24) is 4.57 Å². The molecule has 5 nitrogen and oxygen atoms in total. The van der Waals surface area contributed by atoms with Crippen molar-refractivity contribution in [1.29, 1.82) is 0 Å². The van der Waals surface area contributed by atoms with Crippen LogP contribution >= 0.6 is 0 Å². The Morgan fingerprint density at radius 2 is 1.88 bits per heavy atom. The molecule has 0 aliphatic rings. The van der Waals surface area contributed by atoms with Gasteiger partial charge in [-0.1, -0.05) is 18.2 Å². The van der Waals surface area contributed by atoms with Gasteiger partial charge in [0.05, 0.1) is 12.6 Å². The van der Waals surface area contributed by atoms with E-state index in [1.165, 1.54) is 0 Å². The number of methoxy groups -OCH3 is 1. The number of carbonyl (C=O) groups excluding carboxylic acids is 1. The van der Waals surface area contributed by atoms with Gasteiger partial charge >= 0.3 is 6.09 Å². The molecule has 0 aliphatic heterocycles. The largest absolute Gasteiger partial charge is 0.495 e. The molecule has 0 spiro atoms. The number of nitrogens with zero attached hydrogens (tertiary/aromatic N) is 1. The first-order valence-corrected chi connectivity index (χ1v) is 7.84. The number of anilines is 1. The second-order valence-corrected chi connectivity index (χ2v) is 6.87. The summed E-state index contributed by atoms with van der Waals surface area (Å²) < 4.78 is 12.7. The lowest BCUT2D eigenvalue weighted by atomic mass is 10.1. The number of nitrogen functional groups attached to an aromatic ring is 1. The lowest BCUT2D eigenvalue weighted by molar-refractivity contribution is 0.0551. The van der Waals surface area contributed by atoms with Crippen molar-refractivity contribution in [2.45, 2.75) is 33.3 Å². The van der Waals surface area contributed by atoms with E-state index in [9.17, 15) is 4.79 Å². The number of aryl methyl sites for hydroxylation is 1. The molecular formula is C19H22N2O3. The quantitative estimate of drug-likeness (QED) is 0.670. The minimum Gasteiger partial charge on any atom is -0.495 e. The number of ether oxygens (including phenoxy) is 2. The maximum atomic E-state index is 12.9. The first-order chi connectivity index (χ1) is 11.2. The van der Waals surface area contributed by atoms with Crippen molar-refractivity contribution < 1.29 is 14.3 Å². The van der Waals surface area contributed by atoms with Gasteiger partial charge < -0.3 is 15.2 Å². The molecule has 0 fully saturated rings. The van der Waals surface area contributed by atoms with Crippen LogP contribution in [0.5, 0.6) is 5.75 Å². The van der Waals surface area contributed by atoms with Crippen LogP contribution in [0.4, 0.5) is 10.5 Å². The molecule has 0 unspecified atom stereocenters. The number of aromatic nitrogens is 1. The van der Waals surface area contributed by atoms with Crippen LogP contribution in [0.15, 0.2) is 30.3 Å². The minimum atomic E-state index is -0.599. The van der Waals surface area contributed by atoms with Crippen LogP contribution in [0.2, 0.25) is 0 Å². The van der Waals surface area contributed by atoms with Crippen molar-refractivity contribution in [3.8, 4) is 5.75 Å². The van der Waals surface area contributed by atoms with E-state index in [0.717, 1.165) is 21.9 Å². The molecule has 2 aromatic carbocycles. The van der Waals surface area contributed by atoms with Gasteiger partial charge in [-0.05, 0) is 45.4 Å². The standard InChI is InChI=1S/C19H22N2O3/c1-11-10-14(23-5)17-15(16(11)20)12-8-6-7-9-13(12)21(17)18(22)24-19(2,3)4/h6-10H,20H2,1-5H3. The van der Waals surface area contributed by atoms with Gasteiger partial charge in [0.25, 0.3) is 0 Å². The van der Waals surface area contributed by atoms with Crippen molar-refractivity contribution in [2.24, 2.45) is 0 Å². The van der Waals surface area contributed by atoms with E-state index in [2.05, 4.69) is 0 Å². The van der Waals surface area contributed by atoms with Crippen LogP contribution < -0.4 is 10.5 Å². The Balaban J connectivity index is 2.46. The molecule has 3 rings (SSSR count). The van der Waals surface area contributed by atoms with Gasteiger partial charge in [-0.2, -0.15) is 0 Å². The molecular weight excluding hydrogens is 304 g/mol. The van der Waals surface area contributed by atoms with Crippen molar-refractivity contribution >= 4 is 33.6 Å². The molecule has 5 heteroatoms. The lowest BCUT2D eigenvalue weighted by Gasteiger charge is -2.20. The number of benzene rings is 2. The number of carbonyl (C=O) groups is 1. The first-order valence-electron chi connectivity index (χ1n) is 7.84. The molecule has 0 bridgehead atoms. The Morgan fingerprint density at radius 3 is 2.50 bits per heavy atom. The van der Waals surface area contributed by atoms with Gasteiger partial charge in [0.2, 0.25) is 0 Å². The van der Waals surface area contributed by atoms with Gasteiger partial charge in [-0.3, -0.25) is 0 Å². The van der Waals surface area contributed by atoms with Crippen LogP contribution in [0, 0.1) is 6.92 Å². The molecule has 3 aromatic rings. The molecule has 126 valence electrons. The normalized spacial score (nSPS) is 11.9. The summed E-state index contributed by atoms with van der Waals surface area (Å²) in [6.45, 7) is 7.45. The van der Waals surface area contributed by atoms with Gasteiger partial charge in [-0.25, -0.2) is 9.36 Å². The van der Waals surface area contributed by atoms with Crippen LogP contribution in [0.1, 0.15) is 26.3 Å². The molecule has 1 aromatic heterocycles. The van der Waals surface area contributed by atoms with E-state index < -0.39 is 11.7 Å². The molecule has 0 saturated carbocycles. The Labute approximate surface area is 140 Å². The molecule has 0 amide bonds. The fraction of sp³-hybridized carbons (Fsp3) is 0.316. The second-order valence-electron chi connectivity index (χ2n) is 6.87. The summed E-state index contributed by atoms with van der Waals surface area (Å²) in [5.74, 6) is 0.596. The van der Waals surface area contributed by atoms with Crippen molar-refractivity contribution in [3.63, 3.8) is 0 Å². The van der Waals surface area contributed by atoms with Crippen LogP contribution in [0.3, 0.4) is 0 Å². The van der Waals surface area contributed by atoms with Crippen molar-refractivity contribution in [2.75, 3.05) is 12.8 Å². The van der Waals surface area contributed by atoms with E-state index in [1.807, 2.05) is 58.0 Å². The summed E-state index contributed by atoms with van der Waals surface area (Å²) in [5, 5.41) is 1.71. The number of para-hydroxylation sites is 1. The molecule has 24 heavy (non-hydrogen) atoms. The Kier molecular flexibility index (Phi) is 3.67. The molecule has 0 aliphatic carbocycles. The minimum absolute atomic E-state index is 0.449. The average molecular weight is 326 g/mol. The summed E-state index contributed by atoms with van der Waals surface area (Å²) in [7, 11) is 1.58. The van der Waals surface area contributed by atoms with E-state index >= 15 is 0 Å². The zero-order valence-corrected chi connectivity index (χ0v) is 14.6. The number of hydrogen-bond donors (Lipinski definition) is 1. The highest BCUT2D eigenvalue weighted by Gasteiger charge is 2.25. The Hall–Kier alpha value is -2.69. The first kappa shape index (κ1) is 16.2. The van der Waals surface area contributed by atoms with E-state index in [-0.39, 0.29) is 0 Å². The molecule has 1 heterocycles. The highest BCUT2D eigenvalue weighted by atomic mass is 16.6. The second kappa shape index (κ2) is 5.44. The van der Waals surface area contributed by atoms with E-state index in [4.69, 9.17) is 15.2 Å². The van der Waals surface area contributed by atoms with Gasteiger partial charge in [-0.15, -0.1) is 0 Å². The third kappa shape index (κ3) is 2.46. The van der Waals surface area contributed by atoms with Crippen LogP contribution in [-0.4, -0.2) is 23.4 Å². The fourth-order valence-corrected chi connectivity index (χ4v) is 2.94. The topological polar surface area (TPSA) is 66.5 Å². The molecule has 0 saturated heterocycles. The van der Waals surface area contributed by atoms with Gasteiger partial charge in [0.1, 0.15) is 16.9 Å². The highest BCUT2D eigenvalue weighted by Crippen LogP contribution is 2.40. The van der Waals surface area contributed by atoms with Crippen molar-refractivity contribution in [3.05, 3.63) is 35.9 Å². The SMILES string of the molecule is COc1cc(C)c(N)c2c3ccccc3n(C(=O)OC(C)(C)C)c12. The predicted octanol–water partition coefficient (Wildman–Crippen LogP) is 4.48. The fourth-order valence-electron chi connectivity index (χ4n) is 2.94.